The third-order valence-corrected chi connectivity index (χ3v) is 4.05. The van der Waals surface area contributed by atoms with Gasteiger partial charge in [-0.1, -0.05) is 6.07 Å². The number of phenolic OH excluding ortho intramolecular Hbond substituents is 1. The molecule has 110 valence electrons. The lowest BCUT2D eigenvalue weighted by Gasteiger charge is -2.36. The highest BCUT2D eigenvalue weighted by Crippen LogP contribution is 2.31. The second-order valence-electron chi connectivity index (χ2n) is 6.04. The number of ether oxygens (including phenoxy) is 1. The maximum absolute atomic E-state index is 12.2. The number of carbonyl (C=O) groups excluding carboxylic acids is 1. The van der Waals surface area contributed by atoms with E-state index in [1.807, 2.05) is 20.8 Å². The van der Waals surface area contributed by atoms with Crippen molar-refractivity contribution < 1.29 is 14.6 Å². The summed E-state index contributed by atoms with van der Waals surface area (Å²) in [6.07, 6.45) is 2.00. The normalized spacial score (nSPS) is 16.9. The third kappa shape index (κ3) is 3.31. The number of carbonyl (C=O) groups is 1. The smallest absolute Gasteiger partial charge is 0.342 e. The van der Waals surface area contributed by atoms with E-state index in [1.54, 1.807) is 18.2 Å². The zero-order chi connectivity index (χ0) is 14.8. The van der Waals surface area contributed by atoms with Crippen molar-refractivity contribution in [1.82, 2.24) is 5.32 Å². The maximum atomic E-state index is 12.2. The Balaban J connectivity index is 2.09. The lowest BCUT2D eigenvalue weighted by atomic mass is 9.83. The number of hydrogen-bond acceptors (Lipinski definition) is 4. The Morgan fingerprint density at radius 2 is 2.00 bits per heavy atom. The van der Waals surface area contributed by atoms with Gasteiger partial charge in [0.25, 0.3) is 0 Å². The number of piperidine rings is 1. The molecule has 0 aliphatic carbocycles. The summed E-state index contributed by atoms with van der Waals surface area (Å²) in [5, 5.41) is 13.2. The van der Waals surface area contributed by atoms with Crippen LogP contribution in [0.25, 0.3) is 0 Å². The number of esters is 1. The Bertz CT molecular complexity index is 490. The van der Waals surface area contributed by atoms with Crippen LogP contribution in [-0.4, -0.2) is 29.8 Å². The third-order valence-electron chi connectivity index (χ3n) is 4.05. The van der Waals surface area contributed by atoms with Crippen molar-refractivity contribution in [3.05, 3.63) is 29.3 Å². The molecule has 0 aromatic heterocycles. The Labute approximate surface area is 120 Å². The van der Waals surface area contributed by atoms with Crippen molar-refractivity contribution in [1.29, 1.82) is 0 Å². The van der Waals surface area contributed by atoms with Crippen molar-refractivity contribution >= 4 is 5.97 Å². The minimum Gasteiger partial charge on any atom is -0.507 e. The molecule has 1 heterocycles. The largest absolute Gasteiger partial charge is 0.507 e. The number of benzene rings is 1. The summed E-state index contributed by atoms with van der Waals surface area (Å²) < 4.78 is 5.66. The van der Waals surface area contributed by atoms with E-state index in [0.29, 0.717) is 5.92 Å². The molecule has 0 spiro atoms. The lowest BCUT2D eigenvalue weighted by molar-refractivity contribution is -0.0369. The Kier molecular flexibility index (Phi) is 4.33. The molecule has 1 fully saturated rings. The first-order valence-corrected chi connectivity index (χ1v) is 7.14. The fourth-order valence-corrected chi connectivity index (χ4v) is 2.71. The standard InChI is InChI=1S/C16H23NO3/c1-11-4-5-13(14(18)10-11)15(19)20-16(2,3)12-6-8-17-9-7-12/h4-5,10,12,17-18H,6-9H2,1-3H3. The van der Waals surface area contributed by atoms with Crippen LogP contribution in [-0.2, 0) is 4.74 Å². The summed E-state index contributed by atoms with van der Waals surface area (Å²) in [6.45, 7) is 7.69. The summed E-state index contributed by atoms with van der Waals surface area (Å²) >= 11 is 0. The average molecular weight is 277 g/mol. The molecule has 0 bridgehead atoms. The monoisotopic (exact) mass is 277 g/mol. The van der Waals surface area contributed by atoms with Gasteiger partial charge in [0.2, 0.25) is 0 Å². The highest BCUT2D eigenvalue weighted by atomic mass is 16.6. The molecule has 1 aliphatic rings. The minimum absolute atomic E-state index is 0.0175. The van der Waals surface area contributed by atoms with Crippen molar-refractivity contribution in [2.75, 3.05) is 13.1 Å². The SMILES string of the molecule is Cc1ccc(C(=O)OC(C)(C)C2CCNCC2)c(O)c1. The van der Waals surface area contributed by atoms with E-state index in [9.17, 15) is 9.90 Å². The topological polar surface area (TPSA) is 58.6 Å². The molecule has 1 saturated heterocycles. The van der Waals surface area contributed by atoms with Gasteiger partial charge < -0.3 is 15.2 Å². The molecule has 20 heavy (non-hydrogen) atoms. The fraction of sp³-hybridized carbons (Fsp3) is 0.562. The minimum atomic E-state index is -0.517. The lowest BCUT2D eigenvalue weighted by Crippen LogP contribution is -2.42. The van der Waals surface area contributed by atoms with Gasteiger partial charge in [0.05, 0.1) is 0 Å². The van der Waals surface area contributed by atoms with Gasteiger partial charge in [-0.05, 0) is 64.4 Å². The number of aromatic hydroxyl groups is 1. The molecular formula is C16H23NO3. The summed E-state index contributed by atoms with van der Waals surface area (Å²) in [5.74, 6) is -0.123. The second kappa shape index (κ2) is 5.83. The second-order valence-corrected chi connectivity index (χ2v) is 6.04. The van der Waals surface area contributed by atoms with E-state index in [-0.39, 0.29) is 11.3 Å². The van der Waals surface area contributed by atoms with E-state index < -0.39 is 11.6 Å². The number of hydrogen-bond donors (Lipinski definition) is 2. The number of rotatable bonds is 3. The first kappa shape index (κ1) is 14.9. The van der Waals surface area contributed by atoms with Crippen molar-refractivity contribution in [3.63, 3.8) is 0 Å². The molecule has 0 unspecified atom stereocenters. The van der Waals surface area contributed by atoms with Crippen LogP contribution >= 0.6 is 0 Å². The van der Waals surface area contributed by atoms with E-state index in [2.05, 4.69) is 5.32 Å². The molecule has 4 nitrogen and oxygen atoms in total. The summed E-state index contributed by atoms with van der Waals surface area (Å²) in [5.41, 5.74) is 0.630. The number of nitrogens with one attached hydrogen (secondary N) is 1. The highest BCUT2D eigenvalue weighted by molar-refractivity contribution is 5.92. The van der Waals surface area contributed by atoms with Crippen molar-refractivity contribution in [3.8, 4) is 5.75 Å². The van der Waals surface area contributed by atoms with Crippen LogP contribution in [0.3, 0.4) is 0 Å². The van der Waals surface area contributed by atoms with Crippen LogP contribution in [0.2, 0.25) is 0 Å². The molecule has 1 aromatic rings. The maximum Gasteiger partial charge on any atom is 0.342 e. The van der Waals surface area contributed by atoms with Gasteiger partial charge in [0, 0.05) is 5.92 Å². The van der Waals surface area contributed by atoms with Gasteiger partial charge in [0.1, 0.15) is 16.9 Å². The van der Waals surface area contributed by atoms with Gasteiger partial charge in [-0.2, -0.15) is 0 Å². The van der Waals surface area contributed by atoms with Crippen LogP contribution in [0.1, 0.15) is 42.6 Å². The molecule has 2 N–H and O–H groups in total. The molecule has 4 heteroatoms. The van der Waals surface area contributed by atoms with Gasteiger partial charge in [-0.3, -0.25) is 0 Å². The van der Waals surface area contributed by atoms with E-state index in [4.69, 9.17) is 4.74 Å². The predicted octanol–water partition coefficient (Wildman–Crippen LogP) is 2.64. The summed E-state index contributed by atoms with van der Waals surface area (Å²) in [7, 11) is 0. The molecule has 0 radical (unpaired) electrons. The van der Waals surface area contributed by atoms with Crippen molar-refractivity contribution in [2.24, 2.45) is 5.92 Å². The zero-order valence-corrected chi connectivity index (χ0v) is 12.4. The first-order chi connectivity index (χ1) is 9.40. The molecule has 2 rings (SSSR count). The molecule has 1 aromatic carbocycles. The van der Waals surface area contributed by atoms with Crippen LogP contribution < -0.4 is 5.32 Å². The Hall–Kier alpha value is -1.55. The van der Waals surface area contributed by atoms with Gasteiger partial charge in [-0.25, -0.2) is 4.79 Å². The molecule has 0 amide bonds. The van der Waals surface area contributed by atoms with Crippen LogP contribution in [0.15, 0.2) is 18.2 Å². The van der Waals surface area contributed by atoms with Gasteiger partial charge in [0.15, 0.2) is 0 Å². The highest BCUT2D eigenvalue weighted by Gasteiger charge is 2.34. The predicted molar refractivity (Wildman–Crippen MR) is 77.9 cm³/mol. The molecule has 0 saturated carbocycles. The number of phenols is 1. The summed E-state index contributed by atoms with van der Waals surface area (Å²) in [4.78, 5) is 12.2. The van der Waals surface area contributed by atoms with Gasteiger partial charge in [-0.15, -0.1) is 0 Å². The van der Waals surface area contributed by atoms with E-state index >= 15 is 0 Å². The van der Waals surface area contributed by atoms with Crippen LogP contribution in [0.5, 0.6) is 5.75 Å². The quantitative estimate of drug-likeness (QED) is 0.834. The van der Waals surface area contributed by atoms with E-state index in [0.717, 1.165) is 31.5 Å². The molecule has 0 atom stereocenters. The van der Waals surface area contributed by atoms with Crippen LogP contribution in [0, 0.1) is 12.8 Å². The molecule has 1 aliphatic heterocycles. The Morgan fingerprint density at radius 1 is 1.35 bits per heavy atom. The van der Waals surface area contributed by atoms with Gasteiger partial charge >= 0.3 is 5.97 Å². The summed E-state index contributed by atoms with van der Waals surface area (Å²) in [6, 6.07) is 4.99. The Morgan fingerprint density at radius 3 is 2.60 bits per heavy atom. The number of aryl methyl sites for hydroxylation is 1. The first-order valence-electron chi connectivity index (χ1n) is 7.14. The molecular weight excluding hydrogens is 254 g/mol. The average Bonchev–Trinajstić information content (AvgIpc) is 2.39. The van der Waals surface area contributed by atoms with E-state index in [1.165, 1.54) is 0 Å². The zero-order valence-electron chi connectivity index (χ0n) is 12.4. The fourth-order valence-electron chi connectivity index (χ4n) is 2.71. The van der Waals surface area contributed by atoms with Crippen LogP contribution in [0.4, 0.5) is 0 Å². The van der Waals surface area contributed by atoms with Crippen molar-refractivity contribution in [2.45, 2.75) is 39.2 Å².